The van der Waals surface area contributed by atoms with Gasteiger partial charge in [-0.2, -0.15) is 0 Å². The van der Waals surface area contributed by atoms with Crippen molar-refractivity contribution in [1.29, 1.82) is 0 Å². The smallest absolute Gasteiger partial charge is 0.341 e. The van der Waals surface area contributed by atoms with Crippen LogP contribution in [0.4, 0.5) is 0 Å². The number of benzene rings is 1. The van der Waals surface area contributed by atoms with Gasteiger partial charge >= 0.3 is 5.97 Å². The lowest BCUT2D eigenvalue weighted by Crippen LogP contribution is -2.23. The van der Waals surface area contributed by atoms with E-state index in [1.807, 2.05) is 18.2 Å². The van der Waals surface area contributed by atoms with Gasteiger partial charge in [0, 0.05) is 29.7 Å². The average Bonchev–Trinajstić information content (AvgIpc) is 3.13. The number of rotatable bonds is 3. The predicted octanol–water partition coefficient (Wildman–Crippen LogP) is 3.13. The Morgan fingerprint density at radius 1 is 0.968 bits per heavy atom. The topological polar surface area (TPSA) is 109 Å². The summed E-state index contributed by atoms with van der Waals surface area (Å²) in [7, 11) is 0. The van der Waals surface area contributed by atoms with Crippen LogP contribution in [0.25, 0.3) is 16.6 Å². The largest absolute Gasteiger partial charge is 0.462 e. The first-order valence-corrected chi connectivity index (χ1v) is 9.55. The van der Waals surface area contributed by atoms with E-state index in [1.54, 1.807) is 60.2 Å². The van der Waals surface area contributed by atoms with Gasteiger partial charge in [-0.1, -0.05) is 24.3 Å². The molecule has 1 aliphatic carbocycles. The Morgan fingerprint density at radius 2 is 1.65 bits per heavy atom. The van der Waals surface area contributed by atoms with Crippen molar-refractivity contribution < 1.29 is 24.6 Å². The molecule has 0 aliphatic heterocycles. The van der Waals surface area contributed by atoms with Crippen molar-refractivity contribution in [2.24, 2.45) is 0 Å². The number of aromatic nitrogens is 2. The number of pyridine rings is 2. The minimum Gasteiger partial charge on any atom is -0.462 e. The minimum atomic E-state index is -0.622. The second-order valence-electron chi connectivity index (χ2n) is 6.93. The number of esters is 1. The van der Waals surface area contributed by atoms with Crippen LogP contribution in [0.3, 0.4) is 0 Å². The summed E-state index contributed by atoms with van der Waals surface area (Å²) in [5, 5.41) is 0. The Morgan fingerprint density at radius 3 is 2.32 bits per heavy atom. The third-order valence-electron chi connectivity index (χ3n) is 5.29. The number of nitrogens with zero attached hydrogens (tertiary/aromatic N) is 2. The monoisotopic (exact) mass is 414 g/mol. The molecule has 31 heavy (non-hydrogen) atoms. The highest BCUT2D eigenvalue weighted by Gasteiger charge is 2.38. The molecule has 0 amide bonds. The van der Waals surface area contributed by atoms with Crippen molar-refractivity contribution in [3.05, 3.63) is 95.1 Å². The fourth-order valence-corrected chi connectivity index (χ4v) is 3.97. The third-order valence-corrected chi connectivity index (χ3v) is 5.29. The SMILES string of the molecule is CCOC(=O)c1c2c(n3ccc(-c4ccncc4)cc13)C(=O)c1ccccc1C2=O.O. The number of carbonyl (C=O) groups is 3. The second kappa shape index (κ2) is 7.62. The molecule has 0 saturated heterocycles. The first-order valence-electron chi connectivity index (χ1n) is 9.55. The van der Waals surface area contributed by atoms with E-state index in [9.17, 15) is 14.4 Å². The van der Waals surface area contributed by atoms with Crippen molar-refractivity contribution in [3.8, 4) is 11.1 Å². The molecular formula is C24H18N2O5. The van der Waals surface area contributed by atoms with E-state index in [2.05, 4.69) is 4.98 Å². The summed E-state index contributed by atoms with van der Waals surface area (Å²) in [5.74, 6) is -1.26. The number of hydrogen-bond donors (Lipinski definition) is 0. The number of hydrogen-bond acceptors (Lipinski definition) is 5. The van der Waals surface area contributed by atoms with Gasteiger partial charge in [0.15, 0.2) is 5.78 Å². The predicted molar refractivity (Wildman–Crippen MR) is 114 cm³/mol. The van der Waals surface area contributed by atoms with Crippen LogP contribution in [-0.2, 0) is 4.74 Å². The molecule has 0 fully saturated rings. The molecule has 2 N–H and O–H groups in total. The van der Waals surface area contributed by atoms with Gasteiger partial charge in [-0.25, -0.2) is 4.79 Å². The molecule has 0 radical (unpaired) electrons. The summed E-state index contributed by atoms with van der Waals surface area (Å²) in [6.45, 7) is 1.86. The van der Waals surface area contributed by atoms with Gasteiger partial charge < -0.3 is 14.6 Å². The van der Waals surface area contributed by atoms with E-state index in [4.69, 9.17) is 4.74 Å². The van der Waals surface area contributed by atoms with E-state index < -0.39 is 5.97 Å². The Labute approximate surface area is 177 Å². The van der Waals surface area contributed by atoms with E-state index in [-0.39, 0.29) is 40.5 Å². The Bertz CT molecular complexity index is 1360. The fourth-order valence-electron chi connectivity index (χ4n) is 3.97. The van der Waals surface area contributed by atoms with Gasteiger partial charge in [0.2, 0.25) is 5.78 Å². The number of ketones is 2. The summed E-state index contributed by atoms with van der Waals surface area (Å²) >= 11 is 0. The van der Waals surface area contributed by atoms with Gasteiger partial charge in [-0.15, -0.1) is 0 Å². The molecule has 4 aromatic rings. The summed E-state index contributed by atoms with van der Waals surface area (Å²) in [5.41, 5.74) is 3.25. The normalized spacial score (nSPS) is 12.2. The van der Waals surface area contributed by atoms with Gasteiger partial charge in [0.25, 0.3) is 0 Å². The summed E-state index contributed by atoms with van der Waals surface area (Å²) in [6, 6.07) is 14.0. The molecule has 1 aliphatic rings. The van der Waals surface area contributed by atoms with Crippen molar-refractivity contribution in [2.45, 2.75) is 6.92 Å². The molecule has 3 aromatic heterocycles. The highest BCUT2D eigenvalue weighted by Crippen LogP contribution is 2.35. The zero-order valence-electron chi connectivity index (χ0n) is 16.6. The lowest BCUT2D eigenvalue weighted by Gasteiger charge is -2.15. The van der Waals surface area contributed by atoms with Gasteiger partial charge in [-0.05, 0) is 42.3 Å². The quantitative estimate of drug-likeness (QED) is 0.421. The highest BCUT2D eigenvalue weighted by molar-refractivity contribution is 6.31. The van der Waals surface area contributed by atoms with Crippen LogP contribution in [0.15, 0.2) is 67.1 Å². The van der Waals surface area contributed by atoms with Crippen LogP contribution in [-0.4, -0.2) is 39.0 Å². The molecule has 1 aromatic carbocycles. The van der Waals surface area contributed by atoms with Crippen LogP contribution in [0, 0.1) is 0 Å². The van der Waals surface area contributed by atoms with Crippen molar-refractivity contribution in [1.82, 2.24) is 9.38 Å². The fraction of sp³-hybridized carbons (Fsp3) is 0.0833. The van der Waals surface area contributed by atoms with Crippen molar-refractivity contribution in [3.63, 3.8) is 0 Å². The molecule has 3 heterocycles. The summed E-state index contributed by atoms with van der Waals surface area (Å²) < 4.78 is 6.87. The Kier molecular flexibility index (Phi) is 4.96. The summed E-state index contributed by atoms with van der Waals surface area (Å²) in [6.07, 6.45) is 5.07. The average molecular weight is 414 g/mol. The third kappa shape index (κ3) is 2.94. The van der Waals surface area contributed by atoms with Crippen LogP contribution in [0.1, 0.15) is 49.3 Å². The molecule has 7 heteroatoms. The second-order valence-corrected chi connectivity index (χ2v) is 6.93. The maximum atomic E-state index is 13.3. The van der Waals surface area contributed by atoms with Crippen LogP contribution in [0.5, 0.6) is 0 Å². The molecule has 0 spiro atoms. The first-order chi connectivity index (χ1) is 14.6. The number of carbonyl (C=O) groups excluding carboxylic acids is 3. The molecule has 7 nitrogen and oxygen atoms in total. The lowest BCUT2D eigenvalue weighted by molar-refractivity contribution is 0.0526. The molecule has 0 bridgehead atoms. The molecule has 0 atom stereocenters. The maximum absolute atomic E-state index is 13.3. The Balaban J connectivity index is 0.00000231. The van der Waals surface area contributed by atoms with Gasteiger partial charge in [0.05, 0.1) is 23.3 Å². The molecule has 0 saturated carbocycles. The van der Waals surface area contributed by atoms with Gasteiger partial charge in [0.1, 0.15) is 5.69 Å². The minimum absolute atomic E-state index is 0. The van der Waals surface area contributed by atoms with E-state index in [0.29, 0.717) is 16.6 Å². The van der Waals surface area contributed by atoms with Crippen LogP contribution >= 0.6 is 0 Å². The zero-order chi connectivity index (χ0) is 20.8. The zero-order valence-corrected chi connectivity index (χ0v) is 16.6. The molecule has 5 rings (SSSR count). The first kappa shape index (κ1) is 20.2. The number of ether oxygens (including phenoxy) is 1. The highest BCUT2D eigenvalue weighted by atomic mass is 16.5. The van der Waals surface area contributed by atoms with Crippen molar-refractivity contribution in [2.75, 3.05) is 6.61 Å². The van der Waals surface area contributed by atoms with E-state index >= 15 is 0 Å². The van der Waals surface area contributed by atoms with E-state index in [0.717, 1.165) is 11.1 Å². The standard InChI is InChI=1S/C24H16N2O4.H2O/c1-2-30-24(29)19-18-13-15(14-7-10-25-11-8-14)9-12-26(18)21-20(19)22(27)16-5-3-4-6-17(16)23(21)28;/h3-13H,2H2,1H3;1H2. The number of fused-ring (bicyclic) bond motifs is 4. The van der Waals surface area contributed by atoms with Gasteiger partial charge in [-0.3, -0.25) is 14.6 Å². The maximum Gasteiger partial charge on any atom is 0.341 e. The molecule has 154 valence electrons. The van der Waals surface area contributed by atoms with Crippen LogP contribution in [0.2, 0.25) is 0 Å². The van der Waals surface area contributed by atoms with Crippen molar-refractivity contribution >= 4 is 23.1 Å². The lowest BCUT2D eigenvalue weighted by atomic mass is 9.86. The molecule has 0 unspecified atom stereocenters. The molecular weight excluding hydrogens is 396 g/mol. The summed E-state index contributed by atoms with van der Waals surface area (Å²) in [4.78, 5) is 43.5. The Hall–Kier alpha value is -4.10. The van der Waals surface area contributed by atoms with E-state index in [1.165, 1.54) is 0 Å². The van der Waals surface area contributed by atoms with Crippen LogP contribution < -0.4 is 0 Å².